The fourth-order valence-corrected chi connectivity index (χ4v) is 4.45. The van der Waals surface area contributed by atoms with E-state index in [4.69, 9.17) is 16.3 Å². The van der Waals surface area contributed by atoms with E-state index >= 15 is 0 Å². The van der Waals surface area contributed by atoms with Crippen LogP contribution in [0.2, 0.25) is 5.02 Å². The average Bonchev–Trinajstić information content (AvgIpc) is 2.90. The molecule has 1 aromatic heterocycles. The van der Waals surface area contributed by atoms with Crippen molar-refractivity contribution in [3.63, 3.8) is 0 Å². The maximum absolute atomic E-state index is 13.0. The molecule has 0 spiro atoms. The normalized spacial score (nSPS) is 12.0. The molecule has 8 heteroatoms. The number of nitrogens with zero attached hydrogens (tertiary/aromatic N) is 3. The molecule has 3 rings (SSSR count). The minimum absolute atomic E-state index is 0.0413. The smallest absolute Gasteiger partial charge is 0.248 e. The van der Waals surface area contributed by atoms with Crippen LogP contribution in [0.5, 0.6) is 5.75 Å². The number of hydrogen-bond donors (Lipinski definition) is 0. The standard InChI is InChI=1S/C17H18ClN3O3S/c1-20(11-16-19-13-8-4-5-9-14(13)21(16)2)25(22,23)17-12(18)7-6-10-15(17)24-3/h4-10H,11H2,1-3H3. The van der Waals surface area contributed by atoms with Crippen LogP contribution in [-0.2, 0) is 23.6 Å². The quantitative estimate of drug-likeness (QED) is 0.683. The molecule has 0 saturated carbocycles. The van der Waals surface area contributed by atoms with Gasteiger partial charge < -0.3 is 9.30 Å². The van der Waals surface area contributed by atoms with E-state index in [1.54, 1.807) is 12.1 Å². The van der Waals surface area contributed by atoms with Crippen LogP contribution in [0, 0.1) is 0 Å². The van der Waals surface area contributed by atoms with Crippen LogP contribution in [0.25, 0.3) is 11.0 Å². The zero-order chi connectivity index (χ0) is 18.2. The van der Waals surface area contributed by atoms with Gasteiger partial charge in [0.05, 0.1) is 29.7 Å². The summed E-state index contributed by atoms with van der Waals surface area (Å²) in [7, 11) is 0.931. The van der Waals surface area contributed by atoms with Crippen LogP contribution < -0.4 is 4.74 Å². The van der Waals surface area contributed by atoms with Crippen molar-refractivity contribution in [2.24, 2.45) is 7.05 Å². The zero-order valence-corrected chi connectivity index (χ0v) is 15.7. The van der Waals surface area contributed by atoms with Crippen molar-refractivity contribution in [2.75, 3.05) is 14.2 Å². The van der Waals surface area contributed by atoms with Gasteiger partial charge in [-0.3, -0.25) is 0 Å². The van der Waals surface area contributed by atoms with Gasteiger partial charge >= 0.3 is 0 Å². The third-order valence-corrected chi connectivity index (χ3v) is 6.38. The van der Waals surface area contributed by atoms with Crippen molar-refractivity contribution in [1.29, 1.82) is 0 Å². The van der Waals surface area contributed by atoms with E-state index in [-0.39, 0.29) is 22.2 Å². The van der Waals surface area contributed by atoms with Crippen molar-refractivity contribution in [3.8, 4) is 5.75 Å². The Balaban J connectivity index is 2.00. The molecule has 2 aromatic carbocycles. The van der Waals surface area contributed by atoms with E-state index in [1.165, 1.54) is 24.5 Å². The zero-order valence-electron chi connectivity index (χ0n) is 14.1. The van der Waals surface area contributed by atoms with E-state index in [0.29, 0.717) is 5.82 Å². The van der Waals surface area contributed by atoms with Crippen molar-refractivity contribution >= 4 is 32.7 Å². The van der Waals surface area contributed by atoms with Crippen LogP contribution in [-0.4, -0.2) is 36.4 Å². The topological polar surface area (TPSA) is 64.4 Å². The molecule has 0 bridgehead atoms. The number of imidazole rings is 1. The fraction of sp³-hybridized carbons (Fsp3) is 0.235. The summed E-state index contributed by atoms with van der Waals surface area (Å²) in [5.41, 5.74) is 1.76. The second kappa shape index (κ2) is 6.67. The number of halogens is 1. The first-order valence-corrected chi connectivity index (χ1v) is 9.37. The monoisotopic (exact) mass is 379 g/mol. The maximum Gasteiger partial charge on any atom is 0.248 e. The summed E-state index contributed by atoms with van der Waals surface area (Å²) in [6.45, 7) is 0.113. The Kier molecular flexibility index (Phi) is 4.73. The van der Waals surface area contributed by atoms with Gasteiger partial charge in [0.2, 0.25) is 10.0 Å². The summed E-state index contributed by atoms with van der Waals surface area (Å²) in [4.78, 5) is 4.48. The van der Waals surface area contributed by atoms with Crippen molar-refractivity contribution in [3.05, 3.63) is 53.3 Å². The van der Waals surface area contributed by atoms with Gasteiger partial charge in [0.15, 0.2) is 0 Å². The van der Waals surface area contributed by atoms with E-state index < -0.39 is 10.0 Å². The Morgan fingerprint density at radius 3 is 2.60 bits per heavy atom. The molecule has 0 aliphatic rings. The molecule has 0 fully saturated rings. The number of methoxy groups -OCH3 is 1. The largest absolute Gasteiger partial charge is 0.495 e. The molecule has 3 aromatic rings. The molecule has 0 N–H and O–H groups in total. The number of para-hydroxylation sites is 2. The average molecular weight is 380 g/mol. The lowest BCUT2D eigenvalue weighted by Gasteiger charge is -2.19. The number of aryl methyl sites for hydroxylation is 1. The van der Waals surface area contributed by atoms with E-state index in [0.717, 1.165) is 11.0 Å². The highest BCUT2D eigenvalue weighted by molar-refractivity contribution is 7.89. The van der Waals surface area contributed by atoms with E-state index in [2.05, 4.69) is 4.98 Å². The predicted molar refractivity (Wildman–Crippen MR) is 97.4 cm³/mol. The molecule has 0 saturated heterocycles. The van der Waals surface area contributed by atoms with Gasteiger partial charge in [-0.05, 0) is 24.3 Å². The third kappa shape index (κ3) is 3.10. The molecule has 0 aliphatic heterocycles. The molecule has 0 unspecified atom stereocenters. The van der Waals surface area contributed by atoms with Crippen LogP contribution in [0.4, 0.5) is 0 Å². The summed E-state index contributed by atoms with van der Waals surface area (Å²) in [6.07, 6.45) is 0. The Bertz CT molecular complexity index is 1030. The Hall–Kier alpha value is -2.09. The van der Waals surface area contributed by atoms with Crippen molar-refractivity contribution in [2.45, 2.75) is 11.4 Å². The Morgan fingerprint density at radius 2 is 1.92 bits per heavy atom. The van der Waals surface area contributed by atoms with Gasteiger partial charge in [0, 0.05) is 14.1 Å². The molecule has 132 valence electrons. The summed E-state index contributed by atoms with van der Waals surface area (Å²) >= 11 is 6.13. The molecule has 0 aliphatic carbocycles. The van der Waals surface area contributed by atoms with Gasteiger partial charge in [0.1, 0.15) is 16.5 Å². The second-order valence-corrected chi connectivity index (χ2v) is 8.00. The highest BCUT2D eigenvalue weighted by Gasteiger charge is 2.28. The number of fused-ring (bicyclic) bond motifs is 1. The highest BCUT2D eigenvalue weighted by atomic mass is 35.5. The van der Waals surface area contributed by atoms with Crippen molar-refractivity contribution < 1.29 is 13.2 Å². The van der Waals surface area contributed by atoms with Gasteiger partial charge in [-0.25, -0.2) is 13.4 Å². The minimum Gasteiger partial charge on any atom is -0.495 e. The number of aromatic nitrogens is 2. The van der Waals surface area contributed by atoms with Crippen LogP contribution in [0.3, 0.4) is 0 Å². The first kappa shape index (κ1) is 17.7. The fourth-order valence-electron chi connectivity index (χ4n) is 2.68. The lowest BCUT2D eigenvalue weighted by atomic mass is 10.3. The van der Waals surface area contributed by atoms with Crippen LogP contribution >= 0.6 is 11.6 Å². The second-order valence-electron chi connectivity index (χ2n) is 5.61. The lowest BCUT2D eigenvalue weighted by molar-refractivity contribution is 0.396. The first-order chi connectivity index (χ1) is 11.9. The molecular formula is C17H18ClN3O3S. The number of benzene rings is 2. The Labute approximate surface area is 151 Å². The molecular weight excluding hydrogens is 362 g/mol. The molecule has 25 heavy (non-hydrogen) atoms. The Morgan fingerprint density at radius 1 is 1.20 bits per heavy atom. The summed E-state index contributed by atoms with van der Waals surface area (Å²) in [6, 6.07) is 12.4. The maximum atomic E-state index is 13.0. The van der Waals surface area contributed by atoms with Gasteiger partial charge in [0.25, 0.3) is 0 Å². The number of ether oxygens (including phenoxy) is 1. The molecule has 0 amide bonds. The van der Waals surface area contributed by atoms with Gasteiger partial charge in [-0.1, -0.05) is 29.8 Å². The van der Waals surface area contributed by atoms with Crippen molar-refractivity contribution in [1.82, 2.24) is 13.9 Å². The lowest BCUT2D eigenvalue weighted by Crippen LogP contribution is -2.28. The minimum atomic E-state index is -3.84. The molecule has 0 radical (unpaired) electrons. The first-order valence-electron chi connectivity index (χ1n) is 7.55. The summed E-state index contributed by atoms with van der Waals surface area (Å²) < 4.78 is 34.2. The predicted octanol–water partition coefficient (Wildman–Crippen LogP) is 3.06. The highest BCUT2D eigenvalue weighted by Crippen LogP contribution is 2.33. The van der Waals surface area contributed by atoms with Gasteiger partial charge in [-0.15, -0.1) is 0 Å². The van der Waals surface area contributed by atoms with Crippen LogP contribution in [0.15, 0.2) is 47.4 Å². The molecule has 6 nitrogen and oxygen atoms in total. The van der Waals surface area contributed by atoms with E-state index in [1.807, 2.05) is 35.9 Å². The number of rotatable bonds is 5. The SMILES string of the molecule is COc1cccc(Cl)c1S(=O)(=O)N(C)Cc1nc2ccccc2n1C. The van der Waals surface area contributed by atoms with Gasteiger partial charge in [-0.2, -0.15) is 4.31 Å². The number of hydrogen-bond acceptors (Lipinski definition) is 4. The van der Waals surface area contributed by atoms with Crippen LogP contribution in [0.1, 0.15) is 5.82 Å². The summed E-state index contributed by atoms with van der Waals surface area (Å²) in [5, 5.41) is 0.121. The summed E-state index contributed by atoms with van der Waals surface area (Å²) in [5.74, 6) is 0.850. The molecule has 0 atom stereocenters. The molecule has 1 heterocycles. The third-order valence-electron chi connectivity index (χ3n) is 4.06. The number of sulfonamides is 1. The van der Waals surface area contributed by atoms with E-state index in [9.17, 15) is 8.42 Å².